The molecule has 0 radical (unpaired) electrons. The smallest absolute Gasteiger partial charge is 0.252 e. The number of aromatic nitrogens is 1. The molecule has 4 N–H and O–H groups in total. The van der Waals surface area contributed by atoms with Gasteiger partial charge in [0, 0.05) is 12.3 Å². The SMILES string of the molecule is Nc1ccccc1OCCNC(=O)c1ccc(=O)[nH]c1. The van der Waals surface area contributed by atoms with E-state index < -0.39 is 0 Å². The number of para-hydroxylation sites is 2. The average molecular weight is 273 g/mol. The minimum absolute atomic E-state index is 0.246. The molecule has 104 valence electrons. The Balaban J connectivity index is 1.79. The lowest BCUT2D eigenvalue weighted by Crippen LogP contribution is -2.28. The maximum absolute atomic E-state index is 11.7. The number of amides is 1. The molecule has 1 amide bonds. The van der Waals surface area contributed by atoms with Crippen LogP contribution in [0.1, 0.15) is 10.4 Å². The summed E-state index contributed by atoms with van der Waals surface area (Å²) in [6.45, 7) is 0.648. The summed E-state index contributed by atoms with van der Waals surface area (Å²) in [7, 11) is 0. The molecule has 0 atom stereocenters. The summed E-state index contributed by atoms with van der Waals surface area (Å²) in [5.41, 5.74) is 6.42. The van der Waals surface area contributed by atoms with E-state index in [-0.39, 0.29) is 11.5 Å². The summed E-state index contributed by atoms with van der Waals surface area (Å²) in [5, 5.41) is 2.68. The van der Waals surface area contributed by atoms with Gasteiger partial charge in [-0.25, -0.2) is 0 Å². The van der Waals surface area contributed by atoms with Gasteiger partial charge in [0.25, 0.3) is 5.91 Å². The predicted octanol–water partition coefficient (Wildman–Crippen LogP) is 0.766. The Kier molecular flexibility index (Phi) is 4.39. The molecule has 0 fully saturated rings. The number of benzene rings is 1. The lowest BCUT2D eigenvalue weighted by Gasteiger charge is -2.09. The van der Waals surface area contributed by atoms with Crippen LogP contribution in [0.2, 0.25) is 0 Å². The Morgan fingerprint density at radius 2 is 2.05 bits per heavy atom. The second-order valence-electron chi connectivity index (χ2n) is 4.08. The molecule has 1 heterocycles. The van der Waals surface area contributed by atoms with Crippen molar-refractivity contribution in [2.24, 2.45) is 0 Å². The second kappa shape index (κ2) is 6.42. The lowest BCUT2D eigenvalue weighted by atomic mass is 10.3. The van der Waals surface area contributed by atoms with Gasteiger partial charge >= 0.3 is 0 Å². The van der Waals surface area contributed by atoms with Crippen molar-refractivity contribution >= 4 is 11.6 Å². The molecule has 0 saturated carbocycles. The molecule has 0 saturated heterocycles. The van der Waals surface area contributed by atoms with Crippen molar-refractivity contribution in [3.8, 4) is 5.75 Å². The van der Waals surface area contributed by atoms with Crippen molar-refractivity contribution < 1.29 is 9.53 Å². The molecule has 0 aliphatic carbocycles. The van der Waals surface area contributed by atoms with Crippen LogP contribution in [0.15, 0.2) is 47.4 Å². The number of hydrogen-bond donors (Lipinski definition) is 3. The fourth-order valence-corrected chi connectivity index (χ4v) is 1.59. The van der Waals surface area contributed by atoms with Gasteiger partial charge in [0.05, 0.1) is 17.8 Å². The van der Waals surface area contributed by atoms with Crippen molar-refractivity contribution in [2.45, 2.75) is 0 Å². The normalized spacial score (nSPS) is 10.0. The van der Waals surface area contributed by atoms with E-state index in [4.69, 9.17) is 10.5 Å². The van der Waals surface area contributed by atoms with E-state index >= 15 is 0 Å². The van der Waals surface area contributed by atoms with E-state index in [1.165, 1.54) is 18.3 Å². The minimum Gasteiger partial charge on any atom is -0.490 e. The van der Waals surface area contributed by atoms with Crippen LogP contribution in [0.3, 0.4) is 0 Å². The lowest BCUT2D eigenvalue weighted by molar-refractivity contribution is 0.0946. The standard InChI is InChI=1S/C14H15N3O3/c15-11-3-1-2-4-12(11)20-8-7-16-14(19)10-5-6-13(18)17-9-10/h1-6,9H,7-8,15H2,(H,16,19)(H,17,18). The fourth-order valence-electron chi connectivity index (χ4n) is 1.59. The van der Waals surface area contributed by atoms with Gasteiger partial charge in [0.15, 0.2) is 0 Å². The second-order valence-corrected chi connectivity index (χ2v) is 4.08. The van der Waals surface area contributed by atoms with Gasteiger partial charge in [0.2, 0.25) is 5.56 Å². The highest BCUT2D eigenvalue weighted by molar-refractivity contribution is 5.93. The number of ether oxygens (including phenoxy) is 1. The first-order chi connectivity index (χ1) is 9.66. The van der Waals surface area contributed by atoms with E-state index in [9.17, 15) is 9.59 Å². The molecular weight excluding hydrogens is 258 g/mol. The van der Waals surface area contributed by atoms with E-state index in [1.54, 1.807) is 12.1 Å². The zero-order valence-corrected chi connectivity index (χ0v) is 10.8. The third-order valence-corrected chi connectivity index (χ3v) is 2.61. The molecule has 1 aromatic carbocycles. The Morgan fingerprint density at radius 3 is 2.75 bits per heavy atom. The van der Waals surface area contributed by atoms with Gasteiger partial charge in [-0.2, -0.15) is 0 Å². The zero-order valence-electron chi connectivity index (χ0n) is 10.8. The van der Waals surface area contributed by atoms with Gasteiger partial charge in [-0.05, 0) is 18.2 Å². The van der Waals surface area contributed by atoms with Crippen LogP contribution >= 0.6 is 0 Å². The topological polar surface area (TPSA) is 97.2 Å². The predicted molar refractivity (Wildman–Crippen MR) is 75.7 cm³/mol. The van der Waals surface area contributed by atoms with Gasteiger partial charge < -0.3 is 20.8 Å². The average Bonchev–Trinajstić information content (AvgIpc) is 2.46. The van der Waals surface area contributed by atoms with E-state index in [2.05, 4.69) is 10.3 Å². The number of anilines is 1. The maximum Gasteiger partial charge on any atom is 0.252 e. The first-order valence-electron chi connectivity index (χ1n) is 6.11. The van der Waals surface area contributed by atoms with Crippen molar-refractivity contribution in [2.75, 3.05) is 18.9 Å². The largest absolute Gasteiger partial charge is 0.490 e. The van der Waals surface area contributed by atoms with Crippen molar-refractivity contribution in [3.05, 3.63) is 58.5 Å². The molecular formula is C14H15N3O3. The van der Waals surface area contributed by atoms with Crippen molar-refractivity contribution in [3.63, 3.8) is 0 Å². The van der Waals surface area contributed by atoms with Crippen LogP contribution in [0, 0.1) is 0 Å². The number of nitrogens with two attached hydrogens (primary N) is 1. The molecule has 0 unspecified atom stereocenters. The third-order valence-electron chi connectivity index (χ3n) is 2.61. The van der Waals surface area contributed by atoms with Gasteiger partial charge in [-0.3, -0.25) is 9.59 Å². The number of carbonyl (C=O) groups excluding carboxylic acids is 1. The monoisotopic (exact) mass is 273 g/mol. The number of hydrogen-bond acceptors (Lipinski definition) is 4. The molecule has 1 aromatic heterocycles. The van der Waals surface area contributed by atoms with Crippen LogP contribution in [0.25, 0.3) is 0 Å². The molecule has 2 rings (SSSR count). The van der Waals surface area contributed by atoms with Crippen molar-refractivity contribution in [1.82, 2.24) is 10.3 Å². The fraction of sp³-hybridized carbons (Fsp3) is 0.143. The number of aromatic amines is 1. The van der Waals surface area contributed by atoms with Crippen LogP contribution in [0.5, 0.6) is 5.75 Å². The molecule has 6 heteroatoms. The molecule has 20 heavy (non-hydrogen) atoms. The Morgan fingerprint density at radius 1 is 1.25 bits per heavy atom. The van der Waals surface area contributed by atoms with Gasteiger partial charge in [-0.15, -0.1) is 0 Å². The molecule has 2 aromatic rings. The summed E-state index contributed by atoms with van der Waals surface area (Å²) >= 11 is 0. The van der Waals surface area contributed by atoms with Crippen LogP contribution < -0.4 is 21.3 Å². The summed E-state index contributed by atoms with van der Waals surface area (Å²) < 4.78 is 5.44. The number of nitrogens with one attached hydrogen (secondary N) is 2. The number of nitrogen functional groups attached to an aromatic ring is 1. The quantitative estimate of drug-likeness (QED) is 0.553. The Labute approximate surface area is 115 Å². The zero-order chi connectivity index (χ0) is 14.4. The number of carbonyl (C=O) groups is 1. The molecule has 0 aliphatic heterocycles. The first kappa shape index (κ1) is 13.7. The molecule has 0 spiro atoms. The number of H-pyrrole nitrogens is 1. The molecule has 0 bridgehead atoms. The molecule has 0 aliphatic rings. The third kappa shape index (κ3) is 3.61. The molecule has 6 nitrogen and oxygen atoms in total. The summed E-state index contributed by atoms with van der Waals surface area (Å²) in [6, 6.07) is 9.92. The van der Waals surface area contributed by atoms with E-state index in [0.29, 0.717) is 30.2 Å². The number of rotatable bonds is 5. The summed E-state index contributed by atoms with van der Waals surface area (Å²) in [6.07, 6.45) is 1.37. The highest BCUT2D eigenvalue weighted by atomic mass is 16.5. The Hall–Kier alpha value is -2.76. The van der Waals surface area contributed by atoms with Gasteiger partial charge in [-0.1, -0.05) is 12.1 Å². The number of pyridine rings is 1. The summed E-state index contributed by atoms with van der Waals surface area (Å²) in [5.74, 6) is 0.316. The van der Waals surface area contributed by atoms with Gasteiger partial charge in [0.1, 0.15) is 12.4 Å². The minimum atomic E-state index is -0.272. The van der Waals surface area contributed by atoms with Crippen LogP contribution in [-0.2, 0) is 0 Å². The highest BCUT2D eigenvalue weighted by Crippen LogP contribution is 2.19. The Bertz CT molecular complexity index is 632. The van der Waals surface area contributed by atoms with E-state index in [0.717, 1.165) is 0 Å². The highest BCUT2D eigenvalue weighted by Gasteiger charge is 2.04. The van der Waals surface area contributed by atoms with E-state index in [1.807, 2.05) is 12.1 Å². The first-order valence-corrected chi connectivity index (χ1v) is 6.11. The summed E-state index contributed by atoms with van der Waals surface area (Å²) in [4.78, 5) is 25.0. The maximum atomic E-state index is 11.7. The van der Waals surface area contributed by atoms with Crippen LogP contribution in [0.4, 0.5) is 5.69 Å². The van der Waals surface area contributed by atoms with Crippen LogP contribution in [-0.4, -0.2) is 24.0 Å². The van der Waals surface area contributed by atoms with Crippen molar-refractivity contribution in [1.29, 1.82) is 0 Å².